The summed E-state index contributed by atoms with van der Waals surface area (Å²) in [5.41, 5.74) is -0.453. The molecule has 0 atom stereocenters. The summed E-state index contributed by atoms with van der Waals surface area (Å²) in [4.78, 5) is 12.1. The third kappa shape index (κ3) is 5.01. The fourth-order valence-electron chi connectivity index (χ4n) is 1.03. The van der Waals surface area contributed by atoms with Gasteiger partial charge in [0, 0.05) is 12.1 Å². The Kier molecular flexibility index (Phi) is 5.45. The van der Waals surface area contributed by atoms with E-state index < -0.39 is 18.3 Å². The van der Waals surface area contributed by atoms with Crippen molar-refractivity contribution >= 4 is 6.09 Å². The zero-order valence-electron chi connectivity index (χ0n) is 8.92. The lowest BCUT2D eigenvalue weighted by Crippen LogP contribution is -2.46. The number of alkyl halides is 1. The summed E-state index contributed by atoms with van der Waals surface area (Å²) in [5, 5.41) is 8.86. The Labute approximate surface area is 83.7 Å². The van der Waals surface area contributed by atoms with Gasteiger partial charge in [0.15, 0.2) is 0 Å². The summed E-state index contributed by atoms with van der Waals surface area (Å²) in [7, 11) is 0. The topological polar surface area (TPSA) is 49.8 Å². The van der Waals surface area contributed by atoms with Crippen LogP contribution in [0.3, 0.4) is 0 Å². The van der Waals surface area contributed by atoms with Crippen LogP contribution in [-0.4, -0.2) is 48.1 Å². The van der Waals surface area contributed by atoms with Gasteiger partial charge in [0.2, 0.25) is 0 Å². The van der Waals surface area contributed by atoms with E-state index in [9.17, 15) is 9.18 Å². The number of carboxylic acid groups (broad SMARTS) is 1. The second-order valence-electron chi connectivity index (χ2n) is 3.91. The number of ether oxygens (including phenoxy) is 1. The molecule has 0 fully saturated rings. The minimum atomic E-state index is -0.985. The van der Waals surface area contributed by atoms with Crippen LogP contribution in [0.25, 0.3) is 0 Å². The summed E-state index contributed by atoms with van der Waals surface area (Å²) < 4.78 is 16.5. The van der Waals surface area contributed by atoms with Gasteiger partial charge in [0.1, 0.15) is 6.67 Å². The SMILES string of the molecule is CC(C)(C)N(CCOCCF)C(=O)O. The number of rotatable bonds is 5. The average molecular weight is 207 g/mol. The molecule has 0 rings (SSSR count). The van der Waals surface area contributed by atoms with E-state index >= 15 is 0 Å². The Hall–Kier alpha value is -0.840. The predicted octanol–water partition coefficient (Wildman–Crippen LogP) is 1.75. The molecule has 0 radical (unpaired) electrons. The van der Waals surface area contributed by atoms with Gasteiger partial charge in [0.05, 0.1) is 13.2 Å². The summed E-state index contributed by atoms with van der Waals surface area (Å²) in [6.07, 6.45) is -0.985. The number of amides is 1. The molecule has 5 heteroatoms. The van der Waals surface area contributed by atoms with Crippen molar-refractivity contribution in [2.45, 2.75) is 26.3 Å². The van der Waals surface area contributed by atoms with Crippen LogP contribution in [0.2, 0.25) is 0 Å². The Morgan fingerprint density at radius 3 is 2.36 bits per heavy atom. The van der Waals surface area contributed by atoms with E-state index in [0.717, 1.165) is 0 Å². The fraction of sp³-hybridized carbons (Fsp3) is 0.889. The standard InChI is InChI=1S/C9H18FNO3/c1-9(2,3)11(8(12)13)5-7-14-6-4-10/h4-7H2,1-3H3,(H,12,13). The lowest BCUT2D eigenvalue weighted by atomic mass is 10.1. The molecule has 0 aromatic carbocycles. The van der Waals surface area contributed by atoms with Gasteiger partial charge >= 0.3 is 6.09 Å². The van der Waals surface area contributed by atoms with Gasteiger partial charge in [0.25, 0.3) is 0 Å². The summed E-state index contributed by atoms with van der Waals surface area (Å²) in [6, 6.07) is 0. The van der Waals surface area contributed by atoms with E-state index in [-0.39, 0.29) is 19.8 Å². The van der Waals surface area contributed by atoms with E-state index in [4.69, 9.17) is 9.84 Å². The number of hydrogen-bond acceptors (Lipinski definition) is 2. The molecule has 0 unspecified atom stereocenters. The second-order valence-corrected chi connectivity index (χ2v) is 3.91. The molecule has 14 heavy (non-hydrogen) atoms. The summed E-state index contributed by atoms with van der Waals surface area (Å²) in [6.45, 7) is 5.38. The van der Waals surface area contributed by atoms with Crippen molar-refractivity contribution in [3.05, 3.63) is 0 Å². The van der Waals surface area contributed by atoms with Crippen molar-refractivity contribution in [3.8, 4) is 0 Å². The van der Waals surface area contributed by atoms with Gasteiger partial charge in [-0.25, -0.2) is 9.18 Å². The number of nitrogens with zero attached hydrogens (tertiary/aromatic N) is 1. The largest absolute Gasteiger partial charge is 0.465 e. The molecule has 0 aromatic rings. The summed E-state index contributed by atoms with van der Waals surface area (Å²) in [5.74, 6) is 0. The quantitative estimate of drug-likeness (QED) is 0.699. The summed E-state index contributed by atoms with van der Waals surface area (Å²) >= 11 is 0. The second kappa shape index (κ2) is 5.80. The van der Waals surface area contributed by atoms with Crippen LogP contribution in [0.4, 0.5) is 9.18 Å². The number of hydrogen-bond donors (Lipinski definition) is 1. The van der Waals surface area contributed by atoms with E-state index in [1.54, 1.807) is 20.8 Å². The minimum Gasteiger partial charge on any atom is -0.465 e. The first-order chi connectivity index (χ1) is 6.39. The van der Waals surface area contributed by atoms with Crippen LogP contribution >= 0.6 is 0 Å². The smallest absolute Gasteiger partial charge is 0.407 e. The van der Waals surface area contributed by atoms with E-state index in [1.165, 1.54) is 4.90 Å². The van der Waals surface area contributed by atoms with E-state index in [1.807, 2.05) is 0 Å². The maximum absolute atomic E-state index is 11.7. The van der Waals surface area contributed by atoms with Gasteiger partial charge in [-0.15, -0.1) is 0 Å². The first kappa shape index (κ1) is 13.2. The first-order valence-electron chi connectivity index (χ1n) is 4.54. The third-order valence-electron chi connectivity index (χ3n) is 1.72. The zero-order valence-corrected chi connectivity index (χ0v) is 8.92. The van der Waals surface area contributed by atoms with Crippen molar-refractivity contribution in [3.63, 3.8) is 0 Å². The molecule has 1 N–H and O–H groups in total. The highest BCUT2D eigenvalue weighted by Gasteiger charge is 2.25. The zero-order chi connectivity index (χ0) is 11.2. The normalized spacial score (nSPS) is 11.4. The highest BCUT2D eigenvalue weighted by molar-refractivity contribution is 5.65. The van der Waals surface area contributed by atoms with Crippen LogP contribution in [0.1, 0.15) is 20.8 Å². The molecule has 0 aliphatic carbocycles. The molecule has 0 heterocycles. The van der Waals surface area contributed by atoms with Crippen molar-refractivity contribution < 1.29 is 19.0 Å². The van der Waals surface area contributed by atoms with Crippen molar-refractivity contribution in [1.29, 1.82) is 0 Å². The monoisotopic (exact) mass is 207 g/mol. The maximum Gasteiger partial charge on any atom is 0.407 e. The Balaban J connectivity index is 3.94. The van der Waals surface area contributed by atoms with Crippen molar-refractivity contribution in [2.24, 2.45) is 0 Å². The molecule has 0 saturated heterocycles. The van der Waals surface area contributed by atoms with E-state index in [2.05, 4.69) is 0 Å². The molecule has 4 nitrogen and oxygen atoms in total. The van der Waals surface area contributed by atoms with E-state index in [0.29, 0.717) is 0 Å². The average Bonchev–Trinajstić information content (AvgIpc) is 2.01. The molecule has 0 spiro atoms. The Bertz CT molecular complexity index is 179. The molecule has 0 bridgehead atoms. The highest BCUT2D eigenvalue weighted by atomic mass is 19.1. The molecule has 0 aromatic heterocycles. The lowest BCUT2D eigenvalue weighted by Gasteiger charge is -2.32. The molecule has 84 valence electrons. The van der Waals surface area contributed by atoms with Gasteiger partial charge in [-0.3, -0.25) is 0 Å². The molecular weight excluding hydrogens is 189 g/mol. The third-order valence-corrected chi connectivity index (χ3v) is 1.72. The van der Waals surface area contributed by atoms with Gasteiger partial charge in [-0.05, 0) is 20.8 Å². The van der Waals surface area contributed by atoms with Gasteiger partial charge < -0.3 is 14.7 Å². The number of halogens is 1. The molecule has 0 aliphatic heterocycles. The molecule has 1 amide bonds. The Morgan fingerprint density at radius 1 is 1.43 bits per heavy atom. The van der Waals surface area contributed by atoms with Gasteiger partial charge in [-0.2, -0.15) is 0 Å². The number of carbonyl (C=O) groups is 1. The van der Waals surface area contributed by atoms with Crippen molar-refractivity contribution in [1.82, 2.24) is 4.90 Å². The van der Waals surface area contributed by atoms with Crippen LogP contribution in [-0.2, 0) is 4.74 Å². The first-order valence-corrected chi connectivity index (χ1v) is 4.54. The van der Waals surface area contributed by atoms with Crippen LogP contribution in [0.5, 0.6) is 0 Å². The minimum absolute atomic E-state index is 0.0254. The molecular formula is C9H18FNO3. The maximum atomic E-state index is 11.7. The van der Waals surface area contributed by atoms with Crippen molar-refractivity contribution in [2.75, 3.05) is 26.4 Å². The van der Waals surface area contributed by atoms with Crippen LogP contribution in [0, 0.1) is 0 Å². The highest BCUT2D eigenvalue weighted by Crippen LogP contribution is 2.12. The lowest BCUT2D eigenvalue weighted by molar-refractivity contribution is 0.0571. The molecule has 0 saturated carbocycles. The van der Waals surface area contributed by atoms with Gasteiger partial charge in [-0.1, -0.05) is 0 Å². The fourth-order valence-corrected chi connectivity index (χ4v) is 1.03. The Morgan fingerprint density at radius 2 is 2.00 bits per heavy atom. The van der Waals surface area contributed by atoms with Crippen LogP contribution in [0.15, 0.2) is 0 Å². The predicted molar refractivity (Wildman–Crippen MR) is 51.3 cm³/mol. The van der Waals surface area contributed by atoms with Crippen LogP contribution < -0.4 is 0 Å². The molecule has 0 aliphatic rings.